The van der Waals surface area contributed by atoms with Crippen molar-refractivity contribution in [2.45, 2.75) is 69.4 Å². The molecule has 2 amide bonds. The van der Waals surface area contributed by atoms with Crippen LogP contribution in [0.3, 0.4) is 0 Å². The molecule has 0 radical (unpaired) electrons. The fourth-order valence-electron chi connectivity index (χ4n) is 4.86. The van der Waals surface area contributed by atoms with Gasteiger partial charge in [-0.2, -0.15) is 13.2 Å². The van der Waals surface area contributed by atoms with Gasteiger partial charge in [0.05, 0.1) is 10.6 Å². The second-order valence-corrected chi connectivity index (χ2v) is 10.2. The summed E-state index contributed by atoms with van der Waals surface area (Å²) in [6.45, 7) is 1.77. The number of anilines is 1. The Labute approximate surface area is 216 Å². The van der Waals surface area contributed by atoms with Gasteiger partial charge in [0.15, 0.2) is 5.60 Å². The van der Waals surface area contributed by atoms with Crippen LogP contribution < -0.4 is 20.3 Å². The van der Waals surface area contributed by atoms with Gasteiger partial charge in [0.25, 0.3) is 11.8 Å². The maximum absolute atomic E-state index is 13.6. The van der Waals surface area contributed by atoms with Gasteiger partial charge in [-0.15, -0.1) is 0 Å². The van der Waals surface area contributed by atoms with Gasteiger partial charge in [0.2, 0.25) is 0 Å². The number of rotatable bonds is 7. The normalized spacial score (nSPS) is 21.5. The van der Waals surface area contributed by atoms with Crippen LogP contribution in [0.2, 0.25) is 5.02 Å². The number of amides is 2. The van der Waals surface area contributed by atoms with Crippen molar-refractivity contribution in [2.75, 3.05) is 11.4 Å². The number of hydrogen-bond donors (Lipinski definition) is 2. The summed E-state index contributed by atoms with van der Waals surface area (Å²) in [5, 5.41) is 5.07. The average Bonchev–Trinajstić information content (AvgIpc) is 3.09. The Balaban J connectivity index is 1.36. The van der Waals surface area contributed by atoms with Gasteiger partial charge in [-0.1, -0.05) is 11.6 Å². The minimum Gasteiger partial charge on any atom is -0.476 e. The van der Waals surface area contributed by atoms with Crippen molar-refractivity contribution in [3.8, 4) is 5.75 Å². The fourth-order valence-corrected chi connectivity index (χ4v) is 5.02. The summed E-state index contributed by atoms with van der Waals surface area (Å²) in [5.41, 5.74) is -1.25. The topological polar surface area (TPSA) is 83.6 Å². The number of aromatic nitrogens is 1. The van der Waals surface area contributed by atoms with Crippen LogP contribution in [0.4, 0.5) is 23.4 Å². The summed E-state index contributed by atoms with van der Waals surface area (Å²) < 4.78 is 56.4. The van der Waals surface area contributed by atoms with Gasteiger partial charge in [0.1, 0.15) is 23.9 Å². The van der Waals surface area contributed by atoms with Gasteiger partial charge in [-0.05, 0) is 63.8 Å². The second kappa shape index (κ2) is 10.4. The molecule has 2 aliphatic rings. The van der Waals surface area contributed by atoms with Crippen LogP contribution in [-0.2, 0) is 4.79 Å². The van der Waals surface area contributed by atoms with Gasteiger partial charge < -0.3 is 20.3 Å². The van der Waals surface area contributed by atoms with Crippen LogP contribution in [0.25, 0.3) is 0 Å². The van der Waals surface area contributed by atoms with E-state index in [4.69, 9.17) is 16.3 Å². The Morgan fingerprint density at radius 3 is 2.41 bits per heavy atom. The number of alkyl halides is 3. The Hall–Kier alpha value is -3.08. The number of carbonyl (C=O) groups excluding carboxylic acids is 2. The SMILES string of the molecule is CC(C)(Oc1cc(F)ccc1Cl)C(=O)NC1CC2CCC(C1)N2c1ccc(C(=O)NCC(F)(F)F)cn1. The molecule has 2 fully saturated rings. The number of fused-ring (bicyclic) bond motifs is 2. The van der Waals surface area contributed by atoms with Gasteiger partial charge >= 0.3 is 6.18 Å². The number of pyridine rings is 1. The zero-order valence-corrected chi connectivity index (χ0v) is 21.0. The number of halogens is 5. The van der Waals surface area contributed by atoms with Crippen LogP contribution >= 0.6 is 11.6 Å². The van der Waals surface area contributed by atoms with E-state index in [1.807, 2.05) is 5.32 Å². The molecule has 37 heavy (non-hydrogen) atoms. The first kappa shape index (κ1) is 27.0. The van der Waals surface area contributed by atoms with Crippen molar-refractivity contribution in [1.29, 1.82) is 0 Å². The van der Waals surface area contributed by atoms with Crippen LogP contribution in [0.15, 0.2) is 36.5 Å². The van der Waals surface area contributed by atoms with Crippen molar-refractivity contribution in [3.05, 3.63) is 52.9 Å². The number of benzene rings is 1. The third-order valence-electron chi connectivity index (χ3n) is 6.60. The molecule has 7 nitrogen and oxygen atoms in total. The van der Waals surface area contributed by atoms with E-state index >= 15 is 0 Å². The number of ether oxygens (including phenoxy) is 1. The van der Waals surface area contributed by atoms with E-state index < -0.39 is 30.0 Å². The molecule has 4 rings (SSSR count). The van der Waals surface area contributed by atoms with Gasteiger partial charge in [-0.3, -0.25) is 9.59 Å². The standard InChI is InChI=1S/C25H27ClF4N4O3/c1-24(2,37-20-9-15(27)4-7-19(20)26)23(36)33-16-10-17-5-6-18(11-16)34(17)21-8-3-14(12-31-21)22(35)32-13-25(28,29)30/h3-4,7-9,12,16-18H,5-6,10-11,13H2,1-2H3,(H,32,35)(H,33,36). The highest BCUT2D eigenvalue weighted by atomic mass is 35.5. The van der Waals surface area contributed by atoms with E-state index in [1.54, 1.807) is 19.9 Å². The second-order valence-electron chi connectivity index (χ2n) is 9.82. The Kier molecular flexibility index (Phi) is 7.55. The molecule has 2 N–H and O–H groups in total. The first-order chi connectivity index (χ1) is 17.3. The highest BCUT2D eigenvalue weighted by Gasteiger charge is 2.43. The molecular formula is C25H27ClF4N4O3. The van der Waals surface area contributed by atoms with E-state index in [9.17, 15) is 27.2 Å². The largest absolute Gasteiger partial charge is 0.476 e. The van der Waals surface area contributed by atoms with Crippen molar-refractivity contribution < 1.29 is 31.9 Å². The lowest BCUT2D eigenvalue weighted by Gasteiger charge is -2.40. The maximum atomic E-state index is 13.6. The zero-order chi connectivity index (χ0) is 27.0. The van der Waals surface area contributed by atoms with Crippen molar-refractivity contribution in [2.24, 2.45) is 0 Å². The molecule has 2 bridgehead atoms. The summed E-state index contributed by atoms with van der Waals surface area (Å²) in [7, 11) is 0. The fraction of sp³-hybridized carbons (Fsp3) is 0.480. The minimum absolute atomic E-state index is 0.0446. The molecule has 200 valence electrons. The third kappa shape index (κ3) is 6.44. The van der Waals surface area contributed by atoms with E-state index in [0.29, 0.717) is 18.7 Å². The van der Waals surface area contributed by atoms with Crippen molar-refractivity contribution in [3.63, 3.8) is 0 Å². The van der Waals surface area contributed by atoms with Crippen molar-refractivity contribution >= 4 is 29.2 Å². The molecule has 0 aliphatic carbocycles. The lowest BCUT2D eigenvalue weighted by Crippen LogP contribution is -2.55. The summed E-state index contributed by atoms with van der Waals surface area (Å²) in [5.74, 6) is -1.00. The van der Waals surface area contributed by atoms with Crippen LogP contribution in [0, 0.1) is 5.82 Å². The van der Waals surface area contributed by atoms with Crippen LogP contribution in [0.1, 0.15) is 49.9 Å². The first-order valence-electron chi connectivity index (χ1n) is 11.9. The predicted molar refractivity (Wildman–Crippen MR) is 129 cm³/mol. The molecular weight excluding hydrogens is 516 g/mol. The maximum Gasteiger partial charge on any atom is 0.405 e. The lowest BCUT2D eigenvalue weighted by molar-refractivity contribution is -0.135. The highest BCUT2D eigenvalue weighted by Crippen LogP contribution is 2.39. The molecule has 1 aromatic heterocycles. The zero-order valence-electron chi connectivity index (χ0n) is 20.2. The monoisotopic (exact) mass is 542 g/mol. The Morgan fingerprint density at radius 1 is 1.14 bits per heavy atom. The molecule has 12 heteroatoms. The quantitative estimate of drug-likeness (QED) is 0.498. The molecule has 0 saturated carbocycles. The Bertz CT molecular complexity index is 1150. The molecule has 2 saturated heterocycles. The molecule has 0 spiro atoms. The number of nitrogens with one attached hydrogen (secondary N) is 2. The minimum atomic E-state index is -4.49. The summed E-state index contributed by atoms with van der Waals surface area (Å²) in [4.78, 5) is 31.5. The number of carbonyl (C=O) groups is 2. The third-order valence-corrected chi connectivity index (χ3v) is 6.91. The molecule has 3 heterocycles. The lowest BCUT2D eigenvalue weighted by atomic mass is 9.96. The summed E-state index contributed by atoms with van der Waals surface area (Å²) in [6.07, 6.45) is -0.110. The van der Waals surface area contributed by atoms with Crippen LogP contribution in [-0.4, -0.2) is 53.2 Å². The van der Waals surface area contributed by atoms with Crippen molar-refractivity contribution in [1.82, 2.24) is 15.6 Å². The molecule has 2 unspecified atom stereocenters. The number of hydrogen-bond acceptors (Lipinski definition) is 5. The number of nitrogens with zero attached hydrogens (tertiary/aromatic N) is 2. The smallest absolute Gasteiger partial charge is 0.405 e. The van der Waals surface area contributed by atoms with E-state index in [2.05, 4.69) is 15.2 Å². The predicted octanol–water partition coefficient (Wildman–Crippen LogP) is 4.64. The first-order valence-corrected chi connectivity index (χ1v) is 12.2. The summed E-state index contributed by atoms with van der Waals surface area (Å²) in [6, 6.07) is 6.88. The molecule has 2 aliphatic heterocycles. The molecule has 1 aromatic carbocycles. The molecule has 2 aromatic rings. The summed E-state index contributed by atoms with van der Waals surface area (Å²) >= 11 is 6.08. The average molecular weight is 543 g/mol. The van der Waals surface area contributed by atoms with E-state index in [-0.39, 0.29) is 40.4 Å². The highest BCUT2D eigenvalue weighted by molar-refractivity contribution is 6.32. The van der Waals surface area contributed by atoms with Gasteiger partial charge in [-0.25, -0.2) is 9.37 Å². The van der Waals surface area contributed by atoms with E-state index in [1.165, 1.54) is 24.4 Å². The van der Waals surface area contributed by atoms with Gasteiger partial charge in [0, 0.05) is 30.4 Å². The molecule has 2 atom stereocenters. The number of piperidine rings is 1. The Morgan fingerprint density at radius 2 is 1.81 bits per heavy atom. The van der Waals surface area contributed by atoms with Crippen LogP contribution in [0.5, 0.6) is 5.75 Å². The van der Waals surface area contributed by atoms with E-state index in [0.717, 1.165) is 18.9 Å².